The number of anilines is 2. The van der Waals surface area contributed by atoms with Crippen LogP contribution < -0.4 is 10.2 Å². The molecular formula is C19H24N4O3. The third kappa shape index (κ3) is 3.19. The summed E-state index contributed by atoms with van der Waals surface area (Å²) in [7, 11) is 0. The van der Waals surface area contributed by atoms with E-state index < -0.39 is 0 Å². The zero-order valence-corrected chi connectivity index (χ0v) is 15.0. The lowest BCUT2D eigenvalue weighted by Gasteiger charge is -2.39. The molecule has 7 heteroatoms. The molecule has 2 heterocycles. The number of hydrogen-bond acceptors (Lipinski definition) is 4. The number of hydrogen-bond donors (Lipinski definition) is 1. The highest BCUT2D eigenvalue weighted by molar-refractivity contribution is 6.11. The van der Waals surface area contributed by atoms with E-state index in [1.54, 1.807) is 11.0 Å². The average Bonchev–Trinajstić information content (AvgIpc) is 3.51. The molecule has 2 fully saturated rings. The van der Waals surface area contributed by atoms with Crippen LogP contribution in [0.3, 0.4) is 0 Å². The predicted octanol–water partition coefficient (Wildman–Crippen LogP) is 0.914. The summed E-state index contributed by atoms with van der Waals surface area (Å²) in [5.41, 5.74) is 1.41. The van der Waals surface area contributed by atoms with Gasteiger partial charge in [0.1, 0.15) is 6.54 Å². The Morgan fingerprint density at radius 1 is 1.12 bits per heavy atom. The number of fused-ring (bicyclic) bond motifs is 1. The molecule has 7 nitrogen and oxygen atoms in total. The van der Waals surface area contributed by atoms with Crippen molar-refractivity contribution in [3.05, 3.63) is 24.3 Å². The predicted molar refractivity (Wildman–Crippen MR) is 97.8 cm³/mol. The summed E-state index contributed by atoms with van der Waals surface area (Å²) in [6.07, 6.45) is 2.04. The molecule has 1 saturated heterocycles. The minimum absolute atomic E-state index is 0.0420. The minimum atomic E-state index is -0.327. The topological polar surface area (TPSA) is 73.0 Å². The quantitative estimate of drug-likeness (QED) is 0.874. The number of carbonyl (C=O) groups is 3. The fraction of sp³-hybridized carbons (Fsp3) is 0.526. The molecule has 1 saturated carbocycles. The highest BCUT2D eigenvalue weighted by Gasteiger charge is 2.37. The Morgan fingerprint density at radius 2 is 1.81 bits per heavy atom. The van der Waals surface area contributed by atoms with Crippen LogP contribution in [-0.4, -0.2) is 66.3 Å². The molecule has 3 aliphatic rings. The van der Waals surface area contributed by atoms with Gasteiger partial charge in [0.25, 0.3) is 0 Å². The Kier molecular flexibility index (Phi) is 4.40. The second-order valence-corrected chi connectivity index (χ2v) is 7.30. The van der Waals surface area contributed by atoms with Gasteiger partial charge < -0.3 is 10.2 Å². The molecule has 0 aromatic heterocycles. The molecule has 1 N–H and O–H groups in total. The summed E-state index contributed by atoms with van der Waals surface area (Å²) in [4.78, 5) is 42.8. The highest BCUT2D eigenvalue weighted by atomic mass is 16.2. The third-order valence-corrected chi connectivity index (χ3v) is 5.49. The van der Waals surface area contributed by atoms with E-state index in [9.17, 15) is 14.4 Å². The molecule has 1 aromatic rings. The molecule has 0 unspecified atom stereocenters. The van der Waals surface area contributed by atoms with Crippen LogP contribution in [0.5, 0.6) is 0 Å². The van der Waals surface area contributed by atoms with Gasteiger partial charge in [-0.15, -0.1) is 0 Å². The third-order valence-electron chi connectivity index (χ3n) is 5.49. The van der Waals surface area contributed by atoms with Gasteiger partial charge in [-0.1, -0.05) is 12.1 Å². The molecule has 0 spiro atoms. The van der Waals surface area contributed by atoms with Crippen molar-refractivity contribution in [2.24, 2.45) is 5.92 Å². The Labute approximate surface area is 152 Å². The first kappa shape index (κ1) is 17.0. The maximum Gasteiger partial charge on any atom is 0.244 e. The summed E-state index contributed by atoms with van der Waals surface area (Å²) in [6, 6.07) is 7.04. The summed E-state index contributed by atoms with van der Waals surface area (Å²) in [5, 5.41) is 2.81. The fourth-order valence-electron chi connectivity index (χ4n) is 3.73. The Morgan fingerprint density at radius 3 is 2.50 bits per heavy atom. The SMILES string of the molecule is C[C@H](C(=O)N1CC(=O)Nc2ccccc21)N1CCN(C(=O)C2CC2)CC1. The minimum Gasteiger partial charge on any atom is -0.340 e. The van der Waals surface area contributed by atoms with Gasteiger partial charge in [-0.2, -0.15) is 0 Å². The number of nitrogens with one attached hydrogen (secondary N) is 1. The van der Waals surface area contributed by atoms with E-state index in [1.165, 1.54) is 0 Å². The van der Waals surface area contributed by atoms with Gasteiger partial charge in [-0.3, -0.25) is 24.2 Å². The number of piperazine rings is 1. The van der Waals surface area contributed by atoms with Crippen molar-refractivity contribution in [3.8, 4) is 0 Å². The van der Waals surface area contributed by atoms with Crippen molar-refractivity contribution in [2.75, 3.05) is 42.9 Å². The Bertz CT molecular complexity index is 738. The zero-order valence-electron chi connectivity index (χ0n) is 15.0. The van der Waals surface area contributed by atoms with Crippen LogP contribution in [0.25, 0.3) is 0 Å². The number of amides is 3. The van der Waals surface area contributed by atoms with Crippen LogP contribution in [0, 0.1) is 5.92 Å². The maximum absolute atomic E-state index is 13.1. The fourth-order valence-corrected chi connectivity index (χ4v) is 3.73. The normalized spacial score (nSPS) is 21.8. The second kappa shape index (κ2) is 6.72. The average molecular weight is 356 g/mol. The van der Waals surface area contributed by atoms with Crippen LogP contribution in [0.15, 0.2) is 24.3 Å². The molecule has 1 aliphatic carbocycles. The largest absolute Gasteiger partial charge is 0.340 e. The van der Waals surface area contributed by atoms with Gasteiger partial charge in [0.2, 0.25) is 17.7 Å². The van der Waals surface area contributed by atoms with Crippen LogP contribution in [0.2, 0.25) is 0 Å². The van der Waals surface area contributed by atoms with Gasteiger partial charge in [-0.25, -0.2) is 0 Å². The van der Waals surface area contributed by atoms with E-state index in [0.29, 0.717) is 31.9 Å². The van der Waals surface area contributed by atoms with Crippen molar-refractivity contribution >= 4 is 29.1 Å². The van der Waals surface area contributed by atoms with Crippen molar-refractivity contribution in [1.82, 2.24) is 9.80 Å². The number of para-hydroxylation sites is 2. The van der Waals surface area contributed by atoms with Gasteiger partial charge in [0, 0.05) is 32.1 Å². The van der Waals surface area contributed by atoms with Crippen LogP contribution in [0.1, 0.15) is 19.8 Å². The van der Waals surface area contributed by atoms with Crippen LogP contribution in [0.4, 0.5) is 11.4 Å². The number of carbonyl (C=O) groups excluding carboxylic acids is 3. The lowest BCUT2D eigenvalue weighted by molar-refractivity contribution is -0.135. The van der Waals surface area contributed by atoms with Gasteiger partial charge in [0.05, 0.1) is 17.4 Å². The van der Waals surface area contributed by atoms with E-state index in [1.807, 2.05) is 30.0 Å². The van der Waals surface area contributed by atoms with E-state index in [2.05, 4.69) is 10.2 Å². The molecular weight excluding hydrogens is 332 g/mol. The monoisotopic (exact) mass is 356 g/mol. The Balaban J connectivity index is 1.42. The summed E-state index contributed by atoms with van der Waals surface area (Å²) < 4.78 is 0. The van der Waals surface area contributed by atoms with Crippen molar-refractivity contribution in [2.45, 2.75) is 25.8 Å². The Hall–Kier alpha value is -2.41. The first-order valence-corrected chi connectivity index (χ1v) is 9.27. The smallest absolute Gasteiger partial charge is 0.244 e. The number of rotatable bonds is 3. The van der Waals surface area contributed by atoms with Gasteiger partial charge in [-0.05, 0) is 31.9 Å². The maximum atomic E-state index is 13.1. The molecule has 4 rings (SSSR count). The number of benzene rings is 1. The first-order chi connectivity index (χ1) is 12.5. The molecule has 0 radical (unpaired) electrons. The molecule has 1 atom stereocenters. The summed E-state index contributed by atoms with van der Waals surface area (Å²) >= 11 is 0. The molecule has 26 heavy (non-hydrogen) atoms. The van der Waals surface area contributed by atoms with E-state index in [4.69, 9.17) is 0 Å². The summed E-state index contributed by atoms with van der Waals surface area (Å²) in [5.74, 6) is 0.257. The summed E-state index contributed by atoms with van der Waals surface area (Å²) in [6.45, 7) is 4.64. The second-order valence-electron chi connectivity index (χ2n) is 7.30. The molecule has 1 aromatic carbocycles. The van der Waals surface area contributed by atoms with E-state index >= 15 is 0 Å². The van der Waals surface area contributed by atoms with E-state index in [0.717, 1.165) is 18.5 Å². The molecule has 3 amide bonds. The van der Waals surface area contributed by atoms with Crippen LogP contribution in [-0.2, 0) is 14.4 Å². The van der Waals surface area contributed by atoms with Gasteiger partial charge in [0.15, 0.2) is 0 Å². The molecule has 2 aliphatic heterocycles. The van der Waals surface area contributed by atoms with E-state index in [-0.39, 0.29) is 36.2 Å². The van der Waals surface area contributed by atoms with Crippen LogP contribution >= 0.6 is 0 Å². The highest BCUT2D eigenvalue weighted by Crippen LogP contribution is 2.32. The van der Waals surface area contributed by atoms with Gasteiger partial charge >= 0.3 is 0 Å². The number of nitrogens with zero attached hydrogens (tertiary/aromatic N) is 3. The zero-order chi connectivity index (χ0) is 18.3. The molecule has 138 valence electrons. The lowest BCUT2D eigenvalue weighted by atomic mass is 10.1. The standard InChI is InChI=1S/C19H24N4O3/c1-13(21-8-10-22(11-9-21)19(26)14-6-7-14)18(25)23-12-17(24)20-15-4-2-3-5-16(15)23/h2-5,13-14H,6-12H2,1H3,(H,20,24)/t13-/m1/s1. The van der Waals surface area contributed by atoms with Crippen molar-refractivity contribution < 1.29 is 14.4 Å². The first-order valence-electron chi connectivity index (χ1n) is 9.27. The van der Waals surface area contributed by atoms with Crippen molar-refractivity contribution in [1.29, 1.82) is 0 Å². The molecule has 0 bridgehead atoms. The lowest BCUT2D eigenvalue weighted by Crippen LogP contribution is -2.57. The van der Waals surface area contributed by atoms with Crippen molar-refractivity contribution in [3.63, 3.8) is 0 Å².